The van der Waals surface area contributed by atoms with Crippen LogP contribution in [0, 0.1) is 0 Å². The average molecular weight is 244 g/mol. The molecule has 0 aliphatic heterocycles. The van der Waals surface area contributed by atoms with Gasteiger partial charge in [0.05, 0.1) is 0 Å². The molecule has 0 radical (unpaired) electrons. The quantitative estimate of drug-likeness (QED) is 0.721. The van der Waals surface area contributed by atoms with Crippen LogP contribution in [0.15, 0.2) is 36.5 Å². The van der Waals surface area contributed by atoms with Gasteiger partial charge in [0.1, 0.15) is 11.6 Å². The van der Waals surface area contributed by atoms with Gasteiger partial charge in [0, 0.05) is 17.9 Å². The maximum atomic E-state index is 9.20. The predicted molar refractivity (Wildman–Crippen MR) is 72.2 cm³/mol. The highest BCUT2D eigenvalue weighted by atomic mass is 16.3. The molecule has 2 aromatic rings. The van der Waals surface area contributed by atoms with E-state index in [-0.39, 0.29) is 11.8 Å². The minimum atomic E-state index is 0.241. The second kappa shape index (κ2) is 5.35. The van der Waals surface area contributed by atoms with Gasteiger partial charge in [0.25, 0.3) is 0 Å². The Balaban J connectivity index is 2.11. The molecule has 1 aromatic heterocycles. The molecule has 0 aliphatic carbocycles. The Labute approximate surface area is 106 Å². The van der Waals surface area contributed by atoms with E-state index in [0.717, 1.165) is 5.69 Å². The molecule has 0 bridgehead atoms. The first kappa shape index (κ1) is 12.2. The summed E-state index contributed by atoms with van der Waals surface area (Å²) in [6.45, 7) is 4.06. The van der Waals surface area contributed by atoms with E-state index in [4.69, 9.17) is 0 Å². The largest absolute Gasteiger partial charge is 0.508 e. The number of anilines is 3. The van der Waals surface area contributed by atoms with Crippen LogP contribution in [0.3, 0.4) is 0 Å². The standard InChI is InChI=1S/C13H16N4O/c1-9(2)15-13-14-8-7-12(17-13)16-10-3-5-11(18)6-4-10/h3-9,18H,1-2H3,(H2,14,15,16,17). The van der Waals surface area contributed by atoms with Gasteiger partial charge in [-0.15, -0.1) is 0 Å². The summed E-state index contributed by atoms with van der Waals surface area (Å²) in [5.41, 5.74) is 0.863. The third-order valence-corrected chi connectivity index (χ3v) is 2.21. The number of hydrogen-bond acceptors (Lipinski definition) is 5. The van der Waals surface area contributed by atoms with E-state index in [1.165, 1.54) is 0 Å². The Morgan fingerprint density at radius 2 is 1.83 bits per heavy atom. The lowest BCUT2D eigenvalue weighted by Crippen LogP contribution is -2.12. The topological polar surface area (TPSA) is 70.1 Å². The van der Waals surface area contributed by atoms with Crippen molar-refractivity contribution in [2.75, 3.05) is 10.6 Å². The maximum Gasteiger partial charge on any atom is 0.224 e. The van der Waals surface area contributed by atoms with Crippen LogP contribution in [0.4, 0.5) is 17.5 Å². The first-order valence-corrected chi connectivity index (χ1v) is 5.79. The molecule has 0 atom stereocenters. The van der Waals surface area contributed by atoms with Gasteiger partial charge in [0.15, 0.2) is 0 Å². The van der Waals surface area contributed by atoms with Crippen LogP contribution < -0.4 is 10.6 Å². The highest BCUT2D eigenvalue weighted by Crippen LogP contribution is 2.18. The van der Waals surface area contributed by atoms with Crippen molar-refractivity contribution >= 4 is 17.5 Å². The SMILES string of the molecule is CC(C)Nc1nccc(Nc2ccc(O)cc2)n1. The van der Waals surface area contributed by atoms with Crippen LogP contribution in [0.25, 0.3) is 0 Å². The summed E-state index contributed by atoms with van der Waals surface area (Å²) in [7, 11) is 0. The molecule has 3 N–H and O–H groups in total. The van der Waals surface area contributed by atoms with E-state index < -0.39 is 0 Å². The zero-order valence-electron chi connectivity index (χ0n) is 10.4. The Morgan fingerprint density at radius 1 is 1.11 bits per heavy atom. The van der Waals surface area contributed by atoms with Gasteiger partial charge >= 0.3 is 0 Å². The summed E-state index contributed by atoms with van der Waals surface area (Å²) < 4.78 is 0. The second-order valence-corrected chi connectivity index (χ2v) is 4.24. The summed E-state index contributed by atoms with van der Waals surface area (Å²) in [5.74, 6) is 1.54. The number of nitrogens with one attached hydrogen (secondary N) is 2. The molecule has 0 fully saturated rings. The van der Waals surface area contributed by atoms with Gasteiger partial charge in [-0.3, -0.25) is 0 Å². The summed E-state index contributed by atoms with van der Waals surface area (Å²) in [4.78, 5) is 8.47. The summed E-state index contributed by atoms with van der Waals surface area (Å²) in [6, 6.07) is 8.89. The molecular formula is C13H16N4O. The zero-order valence-corrected chi connectivity index (χ0v) is 10.4. The molecule has 0 unspecified atom stereocenters. The van der Waals surface area contributed by atoms with Crippen LogP contribution in [0.5, 0.6) is 5.75 Å². The number of nitrogens with zero attached hydrogens (tertiary/aromatic N) is 2. The third kappa shape index (κ3) is 3.35. The lowest BCUT2D eigenvalue weighted by atomic mass is 10.3. The van der Waals surface area contributed by atoms with Crippen molar-refractivity contribution in [2.45, 2.75) is 19.9 Å². The Kier molecular flexibility index (Phi) is 3.62. The number of aromatic hydroxyl groups is 1. The number of rotatable bonds is 4. The van der Waals surface area contributed by atoms with Gasteiger partial charge in [-0.25, -0.2) is 4.98 Å². The van der Waals surface area contributed by atoms with Crippen molar-refractivity contribution in [3.05, 3.63) is 36.5 Å². The van der Waals surface area contributed by atoms with E-state index in [9.17, 15) is 5.11 Å². The summed E-state index contributed by atoms with van der Waals surface area (Å²) in [6.07, 6.45) is 1.69. The second-order valence-electron chi connectivity index (χ2n) is 4.24. The minimum Gasteiger partial charge on any atom is -0.508 e. The van der Waals surface area contributed by atoms with Gasteiger partial charge in [-0.2, -0.15) is 4.98 Å². The lowest BCUT2D eigenvalue weighted by molar-refractivity contribution is 0.475. The Morgan fingerprint density at radius 3 is 2.50 bits per heavy atom. The Hall–Kier alpha value is -2.30. The highest BCUT2D eigenvalue weighted by molar-refractivity contribution is 5.57. The minimum absolute atomic E-state index is 0.241. The van der Waals surface area contributed by atoms with Crippen molar-refractivity contribution in [3.63, 3.8) is 0 Å². The van der Waals surface area contributed by atoms with E-state index in [1.807, 2.05) is 13.8 Å². The molecule has 0 saturated heterocycles. The molecule has 0 saturated carbocycles. The van der Waals surface area contributed by atoms with Crippen LogP contribution in [0.2, 0.25) is 0 Å². The van der Waals surface area contributed by atoms with Crippen molar-refractivity contribution in [1.82, 2.24) is 9.97 Å². The number of phenolic OH excluding ortho intramolecular Hbond substituents is 1. The van der Waals surface area contributed by atoms with Crippen molar-refractivity contribution < 1.29 is 5.11 Å². The number of hydrogen-bond donors (Lipinski definition) is 3. The number of phenols is 1. The van der Waals surface area contributed by atoms with Gasteiger partial charge in [0.2, 0.25) is 5.95 Å². The predicted octanol–water partition coefficient (Wildman–Crippen LogP) is 2.75. The molecule has 94 valence electrons. The van der Waals surface area contributed by atoms with Gasteiger partial charge < -0.3 is 15.7 Å². The number of benzene rings is 1. The maximum absolute atomic E-state index is 9.20. The first-order chi connectivity index (χ1) is 8.63. The normalized spacial score (nSPS) is 10.4. The fourth-order valence-corrected chi connectivity index (χ4v) is 1.45. The smallest absolute Gasteiger partial charge is 0.224 e. The van der Waals surface area contributed by atoms with E-state index in [0.29, 0.717) is 11.8 Å². The molecule has 5 nitrogen and oxygen atoms in total. The van der Waals surface area contributed by atoms with Gasteiger partial charge in [-0.1, -0.05) is 0 Å². The van der Waals surface area contributed by atoms with E-state index in [1.54, 1.807) is 36.5 Å². The van der Waals surface area contributed by atoms with Crippen LogP contribution in [0.1, 0.15) is 13.8 Å². The molecule has 0 aliphatic rings. The van der Waals surface area contributed by atoms with Crippen molar-refractivity contribution in [3.8, 4) is 5.75 Å². The molecule has 0 spiro atoms. The zero-order chi connectivity index (χ0) is 13.0. The first-order valence-electron chi connectivity index (χ1n) is 5.79. The third-order valence-electron chi connectivity index (χ3n) is 2.21. The number of aromatic nitrogens is 2. The molecule has 1 aromatic carbocycles. The lowest BCUT2D eigenvalue weighted by Gasteiger charge is -2.10. The fourth-order valence-electron chi connectivity index (χ4n) is 1.45. The van der Waals surface area contributed by atoms with Crippen molar-refractivity contribution in [2.24, 2.45) is 0 Å². The molecular weight excluding hydrogens is 228 g/mol. The molecule has 18 heavy (non-hydrogen) atoms. The van der Waals surface area contributed by atoms with Crippen LogP contribution in [-0.4, -0.2) is 21.1 Å². The Bertz CT molecular complexity index is 511. The summed E-state index contributed by atoms with van der Waals surface area (Å²) >= 11 is 0. The summed E-state index contributed by atoms with van der Waals surface area (Å²) in [5, 5.41) is 15.5. The average Bonchev–Trinajstić information content (AvgIpc) is 2.32. The molecule has 1 heterocycles. The van der Waals surface area contributed by atoms with Crippen molar-refractivity contribution in [1.29, 1.82) is 0 Å². The van der Waals surface area contributed by atoms with Crippen LogP contribution >= 0.6 is 0 Å². The fraction of sp³-hybridized carbons (Fsp3) is 0.231. The van der Waals surface area contributed by atoms with Gasteiger partial charge in [-0.05, 0) is 44.2 Å². The molecule has 5 heteroatoms. The van der Waals surface area contributed by atoms with Crippen LogP contribution in [-0.2, 0) is 0 Å². The van der Waals surface area contributed by atoms with E-state index in [2.05, 4.69) is 20.6 Å². The molecule has 2 rings (SSSR count). The monoisotopic (exact) mass is 244 g/mol. The van der Waals surface area contributed by atoms with E-state index >= 15 is 0 Å². The highest BCUT2D eigenvalue weighted by Gasteiger charge is 2.01. The molecule has 0 amide bonds.